The van der Waals surface area contributed by atoms with Gasteiger partial charge in [-0.3, -0.25) is 4.79 Å². The van der Waals surface area contributed by atoms with Gasteiger partial charge in [-0.1, -0.05) is 18.2 Å². The Morgan fingerprint density at radius 3 is 2.55 bits per heavy atom. The minimum Gasteiger partial charge on any atom is -0.385 e. The molecule has 0 aliphatic heterocycles. The van der Waals surface area contributed by atoms with E-state index < -0.39 is 0 Å². The number of benzene rings is 1. The van der Waals surface area contributed by atoms with Gasteiger partial charge in [0, 0.05) is 31.2 Å². The summed E-state index contributed by atoms with van der Waals surface area (Å²) >= 11 is 1.79. The van der Waals surface area contributed by atoms with E-state index in [1.165, 1.54) is 4.88 Å². The molecule has 0 aliphatic carbocycles. The fourth-order valence-electron chi connectivity index (χ4n) is 1.86. The number of rotatable bonds is 6. The maximum atomic E-state index is 11.6. The van der Waals surface area contributed by atoms with Gasteiger partial charge < -0.3 is 10.2 Å². The van der Waals surface area contributed by atoms with E-state index >= 15 is 0 Å². The molecule has 0 unspecified atom stereocenters. The summed E-state index contributed by atoms with van der Waals surface area (Å²) in [6, 6.07) is 12.3. The molecule has 0 spiro atoms. The summed E-state index contributed by atoms with van der Waals surface area (Å²) in [5.74, 6) is 0.128. The van der Waals surface area contributed by atoms with Crippen molar-refractivity contribution in [3.63, 3.8) is 0 Å². The molecule has 1 amide bonds. The predicted octanol–water partition coefficient (Wildman–Crippen LogP) is 3.03. The lowest BCUT2D eigenvalue weighted by molar-refractivity contribution is -0.127. The third-order valence-corrected chi connectivity index (χ3v) is 4.02. The maximum Gasteiger partial charge on any atom is 0.226 e. The van der Waals surface area contributed by atoms with E-state index in [9.17, 15) is 4.79 Å². The van der Waals surface area contributed by atoms with E-state index in [1.807, 2.05) is 24.3 Å². The first kappa shape index (κ1) is 14.6. The summed E-state index contributed by atoms with van der Waals surface area (Å²) in [6.07, 6.45) is 1.50. The van der Waals surface area contributed by atoms with Crippen molar-refractivity contribution in [2.75, 3.05) is 26.0 Å². The quantitative estimate of drug-likeness (QED) is 0.886. The normalized spacial score (nSPS) is 10.3. The van der Waals surface area contributed by atoms with Crippen LogP contribution in [0.2, 0.25) is 0 Å². The Bertz CT molecular complexity index is 532. The van der Waals surface area contributed by atoms with Crippen molar-refractivity contribution in [3.05, 3.63) is 52.2 Å². The second kappa shape index (κ2) is 7.10. The topological polar surface area (TPSA) is 32.3 Å². The zero-order valence-corrected chi connectivity index (χ0v) is 12.7. The Labute approximate surface area is 124 Å². The highest BCUT2D eigenvalue weighted by Crippen LogP contribution is 2.12. The Morgan fingerprint density at radius 1 is 1.20 bits per heavy atom. The zero-order valence-electron chi connectivity index (χ0n) is 11.9. The van der Waals surface area contributed by atoms with Crippen molar-refractivity contribution in [2.24, 2.45) is 0 Å². The number of amides is 1. The highest BCUT2D eigenvalue weighted by Gasteiger charge is 2.05. The fraction of sp³-hybridized carbons (Fsp3) is 0.312. The van der Waals surface area contributed by atoms with Crippen LogP contribution in [0.5, 0.6) is 0 Å². The molecule has 0 saturated carbocycles. The molecule has 0 fully saturated rings. The van der Waals surface area contributed by atoms with Gasteiger partial charge in [0.2, 0.25) is 5.91 Å². The molecule has 0 saturated heterocycles. The lowest BCUT2D eigenvalue weighted by Crippen LogP contribution is -2.23. The van der Waals surface area contributed by atoms with Crippen LogP contribution in [0.3, 0.4) is 0 Å². The molecule has 0 aliphatic rings. The number of nitrogens with zero attached hydrogens (tertiary/aromatic N) is 1. The number of thiophene rings is 1. The summed E-state index contributed by atoms with van der Waals surface area (Å²) in [5, 5.41) is 5.50. The number of hydrogen-bond donors (Lipinski definition) is 1. The van der Waals surface area contributed by atoms with Crippen molar-refractivity contribution in [1.82, 2.24) is 4.90 Å². The standard InChI is InChI=1S/C16H20N2OS/c1-18(2)16(19)12-13-5-7-14(8-6-13)17-10-9-15-4-3-11-20-15/h3-8,11,17H,9-10,12H2,1-2H3. The number of nitrogens with one attached hydrogen (secondary N) is 1. The summed E-state index contributed by atoms with van der Waals surface area (Å²) in [7, 11) is 3.56. The second-order valence-corrected chi connectivity index (χ2v) is 5.95. The third kappa shape index (κ3) is 4.38. The van der Waals surface area contributed by atoms with Gasteiger partial charge in [0.25, 0.3) is 0 Å². The summed E-state index contributed by atoms with van der Waals surface area (Å²) in [4.78, 5) is 14.6. The predicted molar refractivity (Wildman–Crippen MR) is 85.4 cm³/mol. The van der Waals surface area contributed by atoms with Crippen LogP contribution in [0, 0.1) is 0 Å². The van der Waals surface area contributed by atoms with Gasteiger partial charge in [0.1, 0.15) is 0 Å². The molecule has 0 bridgehead atoms. The van der Waals surface area contributed by atoms with Gasteiger partial charge >= 0.3 is 0 Å². The SMILES string of the molecule is CN(C)C(=O)Cc1ccc(NCCc2cccs2)cc1. The first-order valence-corrected chi connectivity index (χ1v) is 7.58. The Morgan fingerprint density at radius 2 is 1.95 bits per heavy atom. The smallest absolute Gasteiger partial charge is 0.226 e. The Balaban J connectivity index is 1.80. The van der Waals surface area contributed by atoms with Crippen LogP contribution >= 0.6 is 11.3 Å². The van der Waals surface area contributed by atoms with E-state index in [-0.39, 0.29) is 5.91 Å². The molecule has 2 aromatic rings. The largest absolute Gasteiger partial charge is 0.385 e. The molecule has 106 valence electrons. The minimum atomic E-state index is 0.128. The van der Waals surface area contributed by atoms with Crippen LogP contribution in [0.1, 0.15) is 10.4 Å². The molecular formula is C16H20N2OS. The summed E-state index contributed by atoms with van der Waals surface area (Å²) in [5.41, 5.74) is 2.15. The van der Waals surface area contributed by atoms with Crippen molar-refractivity contribution >= 4 is 22.9 Å². The van der Waals surface area contributed by atoms with E-state index in [2.05, 4.69) is 22.8 Å². The van der Waals surface area contributed by atoms with E-state index in [1.54, 1.807) is 30.3 Å². The minimum absolute atomic E-state index is 0.128. The van der Waals surface area contributed by atoms with Crippen LogP contribution in [-0.4, -0.2) is 31.4 Å². The third-order valence-electron chi connectivity index (χ3n) is 3.09. The second-order valence-electron chi connectivity index (χ2n) is 4.92. The first-order chi connectivity index (χ1) is 9.65. The first-order valence-electron chi connectivity index (χ1n) is 6.70. The van der Waals surface area contributed by atoms with Crippen LogP contribution in [0.4, 0.5) is 5.69 Å². The summed E-state index contributed by atoms with van der Waals surface area (Å²) < 4.78 is 0. The molecule has 0 radical (unpaired) electrons. The molecule has 2 rings (SSSR count). The molecule has 1 N–H and O–H groups in total. The van der Waals surface area contributed by atoms with E-state index in [0.717, 1.165) is 24.2 Å². The van der Waals surface area contributed by atoms with Crippen molar-refractivity contribution in [2.45, 2.75) is 12.8 Å². The number of anilines is 1. The van der Waals surface area contributed by atoms with Crippen molar-refractivity contribution in [1.29, 1.82) is 0 Å². The van der Waals surface area contributed by atoms with Crippen LogP contribution in [-0.2, 0) is 17.6 Å². The lowest BCUT2D eigenvalue weighted by atomic mass is 10.1. The van der Waals surface area contributed by atoms with E-state index in [4.69, 9.17) is 0 Å². The Hall–Kier alpha value is -1.81. The molecule has 4 heteroatoms. The van der Waals surface area contributed by atoms with Gasteiger partial charge in [-0.15, -0.1) is 11.3 Å². The highest BCUT2D eigenvalue weighted by molar-refractivity contribution is 7.09. The Kier molecular flexibility index (Phi) is 5.18. The van der Waals surface area contributed by atoms with E-state index in [0.29, 0.717) is 6.42 Å². The maximum absolute atomic E-state index is 11.6. The number of carbonyl (C=O) groups is 1. The number of carbonyl (C=O) groups excluding carboxylic acids is 1. The fourth-order valence-corrected chi connectivity index (χ4v) is 2.57. The van der Waals surface area contributed by atoms with Gasteiger partial charge in [-0.25, -0.2) is 0 Å². The zero-order chi connectivity index (χ0) is 14.4. The number of hydrogen-bond acceptors (Lipinski definition) is 3. The van der Waals surface area contributed by atoms with Crippen LogP contribution in [0.15, 0.2) is 41.8 Å². The molecule has 3 nitrogen and oxygen atoms in total. The molecular weight excluding hydrogens is 268 g/mol. The highest BCUT2D eigenvalue weighted by atomic mass is 32.1. The van der Waals surface area contributed by atoms with Gasteiger partial charge in [0.15, 0.2) is 0 Å². The molecule has 1 heterocycles. The number of likely N-dealkylation sites (N-methyl/N-ethyl adjacent to an activating group) is 1. The van der Waals surface area contributed by atoms with Gasteiger partial charge in [0.05, 0.1) is 6.42 Å². The van der Waals surface area contributed by atoms with Crippen molar-refractivity contribution < 1.29 is 4.79 Å². The average Bonchev–Trinajstić information content (AvgIpc) is 2.94. The molecule has 0 atom stereocenters. The molecule has 1 aromatic carbocycles. The monoisotopic (exact) mass is 288 g/mol. The molecule has 1 aromatic heterocycles. The van der Waals surface area contributed by atoms with Gasteiger partial charge in [-0.2, -0.15) is 0 Å². The van der Waals surface area contributed by atoms with Crippen LogP contribution < -0.4 is 5.32 Å². The average molecular weight is 288 g/mol. The molecule has 20 heavy (non-hydrogen) atoms. The summed E-state index contributed by atoms with van der Waals surface area (Å²) in [6.45, 7) is 0.927. The van der Waals surface area contributed by atoms with Gasteiger partial charge in [-0.05, 0) is 35.6 Å². The van der Waals surface area contributed by atoms with Crippen LogP contribution in [0.25, 0.3) is 0 Å². The lowest BCUT2D eigenvalue weighted by Gasteiger charge is -2.11. The van der Waals surface area contributed by atoms with Crippen molar-refractivity contribution in [3.8, 4) is 0 Å².